The Kier molecular flexibility index (Phi) is 5.03. The lowest BCUT2D eigenvalue weighted by molar-refractivity contribution is 0.288. The number of nitriles is 1. The molecule has 0 aromatic carbocycles. The van der Waals surface area contributed by atoms with E-state index in [4.69, 9.17) is 0 Å². The zero-order valence-corrected chi connectivity index (χ0v) is 16.2. The summed E-state index contributed by atoms with van der Waals surface area (Å²) in [6.45, 7) is 5.90. The van der Waals surface area contributed by atoms with Crippen LogP contribution in [0.15, 0.2) is 41.2 Å². The molecule has 28 heavy (non-hydrogen) atoms. The molecule has 7 heteroatoms. The number of rotatable bonds is 4. The standard InChI is InChI=1S/C21H25FN6/c1-13(2)10-15-12-28(9-7-14(15)11-23)18-6-5-17(22)20(25-18)19-16-4-3-8-24-21(16)27-26-19/h3-6,8,13-15,21,24,27H,7,9-10,12H2,1-2H3. The number of allylic oxidation sites excluding steroid dienone is 2. The summed E-state index contributed by atoms with van der Waals surface area (Å²) >= 11 is 0. The summed E-state index contributed by atoms with van der Waals surface area (Å²) in [6, 6.07) is 5.67. The molecule has 3 atom stereocenters. The molecule has 0 aliphatic carbocycles. The van der Waals surface area contributed by atoms with Gasteiger partial charge in [-0.3, -0.25) is 5.43 Å². The van der Waals surface area contributed by atoms with E-state index >= 15 is 0 Å². The number of hydrogen-bond acceptors (Lipinski definition) is 6. The van der Waals surface area contributed by atoms with Gasteiger partial charge in [0.2, 0.25) is 0 Å². The first-order valence-corrected chi connectivity index (χ1v) is 9.84. The van der Waals surface area contributed by atoms with Crippen LogP contribution in [0.2, 0.25) is 0 Å². The molecule has 0 bridgehead atoms. The van der Waals surface area contributed by atoms with Gasteiger partial charge in [-0.15, -0.1) is 0 Å². The van der Waals surface area contributed by atoms with E-state index in [9.17, 15) is 9.65 Å². The Morgan fingerprint density at radius 2 is 2.25 bits per heavy atom. The first-order chi connectivity index (χ1) is 13.6. The average Bonchev–Trinajstić information content (AvgIpc) is 3.12. The smallest absolute Gasteiger partial charge is 0.151 e. The first kappa shape index (κ1) is 18.5. The molecule has 4 rings (SSSR count). The molecule has 0 saturated carbocycles. The minimum Gasteiger partial charge on any atom is -0.367 e. The highest BCUT2D eigenvalue weighted by Gasteiger charge is 2.32. The van der Waals surface area contributed by atoms with E-state index in [1.165, 1.54) is 6.07 Å². The van der Waals surface area contributed by atoms with Gasteiger partial charge in [0.1, 0.15) is 23.4 Å². The summed E-state index contributed by atoms with van der Waals surface area (Å²) in [7, 11) is 0. The summed E-state index contributed by atoms with van der Waals surface area (Å²) in [5.41, 5.74) is 4.65. The fourth-order valence-electron chi connectivity index (χ4n) is 4.22. The van der Waals surface area contributed by atoms with Gasteiger partial charge in [0.15, 0.2) is 5.82 Å². The van der Waals surface area contributed by atoms with Crippen LogP contribution in [0.25, 0.3) is 0 Å². The molecule has 6 nitrogen and oxygen atoms in total. The molecular formula is C21H25FN6. The molecule has 3 aliphatic heterocycles. The van der Waals surface area contributed by atoms with Crippen molar-refractivity contribution >= 4 is 11.5 Å². The molecule has 0 radical (unpaired) electrons. The Hall–Kier alpha value is -2.88. The molecule has 146 valence electrons. The van der Waals surface area contributed by atoms with Gasteiger partial charge in [-0.2, -0.15) is 10.4 Å². The highest BCUT2D eigenvalue weighted by molar-refractivity contribution is 6.13. The fourth-order valence-corrected chi connectivity index (χ4v) is 4.22. The van der Waals surface area contributed by atoms with Crippen molar-refractivity contribution in [1.29, 1.82) is 5.26 Å². The number of piperidine rings is 1. The van der Waals surface area contributed by atoms with Crippen LogP contribution in [0, 0.1) is 34.9 Å². The topological polar surface area (TPSA) is 76.3 Å². The van der Waals surface area contributed by atoms with Crippen molar-refractivity contribution in [2.24, 2.45) is 22.9 Å². The number of hydrazone groups is 1. The van der Waals surface area contributed by atoms with E-state index < -0.39 is 0 Å². The van der Waals surface area contributed by atoms with Crippen LogP contribution in [0.1, 0.15) is 32.4 Å². The Balaban J connectivity index is 1.60. The largest absolute Gasteiger partial charge is 0.367 e. The molecule has 3 aliphatic rings. The number of pyridine rings is 1. The van der Waals surface area contributed by atoms with Crippen LogP contribution in [0.4, 0.5) is 10.2 Å². The number of hydrogen-bond donors (Lipinski definition) is 2. The summed E-state index contributed by atoms with van der Waals surface area (Å²) in [6.07, 6.45) is 7.29. The SMILES string of the molecule is CC(C)CC1CN(c2ccc(F)c(C3=NNC4NC=CC=C34)n2)CCC1C#N. The Morgan fingerprint density at radius 1 is 1.39 bits per heavy atom. The van der Waals surface area contributed by atoms with Crippen LogP contribution < -0.4 is 15.6 Å². The summed E-state index contributed by atoms with van der Waals surface area (Å²) in [5.74, 6) is 1.28. The van der Waals surface area contributed by atoms with Crippen molar-refractivity contribution in [3.8, 4) is 6.07 Å². The quantitative estimate of drug-likeness (QED) is 0.840. The van der Waals surface area contributed by atoms with E-state index in [2.05, 4.69) is 45.6 Å². The number of aromatic nitrogens is 1. The van der Waals surface area contributed by atoms with Gasteiger partial charge in [-0.25, -0.2) is 9.37 Å². The summed E-state index contributed by atoms with van der Waals surface area (Å²) in [4.78, 5) is 6.82. The normalized spacial score (nSPS) is 26.1. The van der Waals surface area contributed by atoms with Gasteiger partial charge in [0, 0.05) is 18.7 Å². The highest BCUT2D eigenvalue weighted by atomic mass is 19.1. The zero-order valence-electron chi connectivity index (χ0n) is 16.2. The monoisotopic (exact) mass is 380 g/mol. The summed E-state index contributed by atoms with van der Waals surface area (Å²) < 4.78 is 14.6. The molecule has 1 fully saturated rings. The van der Waals surface area contributed by atoms with Crippen molar-refractivity contribution in [3.63, 3.8) is 0 Å². The fraction of sp³-hybridized carbons (Fsp3) is 0.476. The Labute approximate surface area is 164 Å². The van der Waals surface area contributed by atoms with Crippen LogP contribution in [0.5, 0.6) is 0 Å². The van der Waals surface area contributed by atoms with Crippen molar-refractivity contribution in [2.75, 3.05) is 18.0 Å². The number of nitrogens with one attached hydrogen (secondary N) is 2. The lowest BCUT2D eigenvalue weighted by Gasteiger charge is -2.37. The third-order valence-corrected chi connectivity index (χ3v) is 5.58. The minimum absolute atomic E-state index is 0.0768. The van der Waals surface area contributed by atoms with E-state index in [0.29, 0.717) is 17.5 Å². The van der Waals surface area contributed by atoms with Crippen molar-refractivity contribution in [1.82, 2.24) is 15.7 Å². The van der Waals surface area contributed by atoms with Gasteiger partial charge >= 0.3 is 0 Å². The van der Waals surface area contributed by atoms with Crippen LogP contribution in [-0.2, 0) is 0 Å². The number of fused-ring (bicyclic) bond motifs is 1. The molecule has 4 heterocycles. The number of dihydropyridines is 1. The molecule has 0 amide bonds. The van der Waals surface area contributed by atoms with E-state index in [-0.39, 0.29) is 23.6 Å². The highest BCUT2D eigenvalue weighted by Crippen LogP contribution is 2.31. The minimum atomic E-state index is -0.383. The molecule has 1 saturated heterocycles. The van der Waals surface area contributed by atoms with Gasteiger partial charge in [0.05, 0.1) is 12.0 Å². The molecule has 1 aromatic rings. The second-order valence-electron chi connectivity index (χ2n) is 8.03. The van der Waals surface area contributed by atoms with E-state index in [1.54, 1.807) is 6.07 Å². The third-order valence-electron chi connectivity index (χ3n) is 5.58. The first-order valence-electron chi connectivity index (χ1n) is 9.84. The lowest BCUT2D eigenvalue weighted by Crippen LogP contribution is -2.41. The lowest BCUT2D eigenvalue weighted by atomic mass is 9.81. The van der Waals surface area contributed by atoms with Crippen molar-refractivity contribution in [3.05, 3.63) is 47.6 Å². The van der Waals surface area contributed by atoms with Crippen molar-refractivity contribution < 1.29 is 4.39 Å². The maximum Gasteiger partial charge on any atom is 0.151 e. The van der Waals surface area contributed by atoms with Crippen LogP contribution >= 0.6 is 0 Å². The maximum absolute atomic E-state index is 14.6. The second-order valence-corrected chi connectivity index (χ2v) is 8.03. The predicted octanol–water partition coefficient (Wildman–Crippen LogP) is 2.91. The molecule has 2 N–H and O–H groups in total. The predicted molar refractivity (Wildman–Crippen MR) is 107 cm³/mol. The van der Waals surface area contributed by atoms with Gasteiger partial charge in [-0.05, 0) is 49.1 Å². The van der Waals surface area contributed by atoms with Crippen LogP contribution in [0.3, 0.4) is 0 Å². The number of halogens is 1. The zero-order chi connectivity index (χ0) is 19.7. The maximum atomic E-state index is 14.6. The number of anilines is 1. The van der Waals surface area contributed by atoms with E-state index in [1.807, 2.05) is 18.4 Å². The number of nitrogens with zero attached hydrogens (tertiary/aromatic N) is 4. The summed E-state index contributed by atoms with van der Waals surface area (Å²) in [5, 5.41) is 16.9. The molecule has 3 unspecified atom stereocenters. The van der Waals surface area contributed by atoms with Crippen molar-refractivity contribution in [2.45, 2.75) is 32.9 Å². The third kappa shape index (κ3) is 3.47. The second kappa shape index (κ2) is 7.63. The van der Waals surface area contributed by atoms with Gasteiger partial charge in [0.25, 0.3) is 0 Å². The van der Waals surface area contributed by atoms with Gasteiger partial charge in [-0.1, -0.05) is 19.9 Å². The molecular weight excluding hydrogens is 355 g/mol. The van der Waals surface area contributed by atoms with E-state index in [0.717, 1.165) is 37.3 Å². The van der Waals surface area contributed by atoms with Gasteiger partial charge < -0.3 is 10.2 Å². The Bertz CT molecular complexity index is 881. The Morgan fingerprint density at radius 3 is 3.04 bits per heavy atom. The average molecular weight is 380 g/mol. The molecule has 0 spiro atoms. The van der Waals surface area contributed by atoms with Crippen LogP contribution in [-0.4, -0.2) is 30.0 Å². The molecule has 1 aromatic heterocycles.